The summed E-state index contributed by atoms with van der Waals surface area (Å²) >= 11 is 6.02. The quantitative estimate of drug-likeness (QED) is 0.488. The summed E-state index contributed by atoms with van der Waals surface area (Å²) in [6, 6.07) is 20.1. The zero-order chi connectivity index (χ0) is 19.5. The number of rotatable bonds is 5. The zero-order valence-electron chi connectivity index (χ0n) is 15.1. The van der Waals surface area contributed by atoms with Crippen molar-refractivity contribution in [2.24, 2.45) is 0 Å². The Kier molecular flexibility index (Phi) is 5.00. The van der Waals surface area contributed by atoms with Crippen molar-refractivity contribution in [3.8, 4) is 17.2 Å². The van der Waals surface area contributed by atoms with Gasteiger partial charge in [0.1, 0.15) is 11.3 Å². The number of nitrogens with zero attached hydrogens (tertiary/aromatic N) is 1. The summed E-state index contributed by atoms with van der Waals surface area (Å²) in [6.45, 7) is 1.83. The molecule has 5 nitrogen and oxygen atoms in total. The molecule has 1 heterocycles. The average molecular weight is 393 g/mol. The van der Waals surface area contributed by atoms with Crippen LogP contribution in [-0.2, 0) is 4.79 Å². The van der Waals surface area contributed by atoms with Crippen molar-refractivity contribution in [1.29, 1.82) is 0 Å². The summed E-state index contributed by atoms with van der Waals surface area (Å²) in [7, 11) is 0. The molecule has 6 heteroatoms. The highest BCUT2D eigenvalue weighted by atomic mass is 35.5. The number of ether oxygens (including phenoxy) is 1. The molecular formula is C22H17ClN2O3. The molecule has 0 bridgehead atoms. The predicted octanol–water partition coefficient (Wildman–Crippen LogP) is 5.47. The highest BCUT2D eigenvalue weighted by molar-refractivity contribution is 6.31. The molecule has 28 heavy (non-hydrogen) atoms. The Hall–Kier alpha value is -3.31. The van der Waals surface area contributed by atoms with Gasteiger partial charge in [-0.1, -0.05) is 35.9 Å². The number of para-hydroxylation sites is 1. The molecule has 1 N–H and O–H groups in total. The minimum Gasteiger partial charge on any atom is -0.484 e. The molecule has 3 aromatic carbocycles. The fourth-order valence-electron chi connectivity index (χ4n) is 2.87. The number of aromatic nitrogens is 1. The standard InChI is InChI=1S/C22H17ClN2O3/c1-14-17(22-25-19-12-15(23)10-11-20(19)28-22)8-5-9-18(14)24-21(26)13-27-16-6-3-2-4-7-16/h2-12H,13H2,1H3,(H,24,26). The molecule has 0 aliphatic carbocycles. The number of amides is 1. The summed E-state index contributed by atoms with van der Waals surface area (Å²) in [5, 5.41) is 3.48. The molecule has 0 aliphatic heterocycles. The lowest BCUT2D eigenvalue weighted by atomic mass is 10.1. The van der Waals surface area contributed by atoms with Gasteiger partial charge < -0.3 is 14.5 Å². The third-order valence-electron chi connectivity index (χ3n) is 4.30. The molecule has 140 valence electrons. The van der Waals surface area contributed by atoms with Gasteiger partial charge in [-0.05, 0) is 55.0 Å². The van der Waals surface area contributed by atoms with E-state index in [4.69, 9.17) is 20.8 Å². The monoisotopic (exact) mass is 392 g/mol. The topological polar surface area (TPSA) is 64.4 Å². The SMILES string of the molecule is Cc1c(NC(=O)COc2ccccc2)cccc1-c1nc2cc(Cl)ccc2o1. The number of carbonyl (C=O) groups excluding carboxylic acids is 1. The number of benzene rings is 3. The fraction of sp³-hybridized carbons (Fsp3) is 0.0909. The molecule has 4 aromatic rings. The summed E-state index contributed by atoms with van der Waals surface area (Å²) in [5.74, 6) is 0.883. The number of halogens is 1. The van der Waals surface area contributed by atoms with Gasteiger partial charge in [-0.25, -0.2) is 4.98 Å². The third-order valence-corrected chi connectivity index (χ3v) is 4.54. The molecule has 0 fully saturated rings. The third kappa shape index (κ3) is 3.85. The van der Waals surface area contributed by atoms with Crippen molar-refractivity contribution >= 4 is 34.3 Å². The maximum absolute atomic E-state index is 12.3. The summed E-state index contributed by atoms with van der Waals surface area (Å²) in [4.78, 5) is 16.8. The van der Waals surface area contributed by atoms with Gasteiger partial charge in [0, 0.05) is 16.3 Å². The van der Waals surface area contributed by atoms with Gasteiger partial charge in [0.05, 0.1) is 0 Å². The van der Waals surface area contributed by atoms with E-state index in [0.29, 0.717) is 33.4 Å². The van der Waals surface area contributed by atoms with Crippen LogP contribution in [-0.4, -0.2) is 17.5 Å². The maximum atomic E-state index is 12.3. The Morgan fingerprint density at radius 1 is 1.11 bits per heavy atom. The van der Waals surface area contributed by atoms with Gasteiger partial charge in [0.25, 0.3) is 5.91 Å². The highest BCUT2D eigenvalue weighted by Gasteiger charge is 2.14. The van der Waals surface area contributed by atoms with Crippen molar-refractivity contribution in [2.45, 2.75) is 6.92 Å². The number of oxazole rings is 1. The normalized spacial score (nSPS) is 10.8. The average Bonchev–Trinajstić information content (AvgIpc) is 3.11. The first-order valence-electron chi connectivity index (χ1n) is 8.74. The number of fused-ring (bicyclic) bond motifs is 1. The molecule has 0 unspecified atom stereocenters. The van der Waals surface area contributed by atoms with Crippen LogP contribution < -0.4 is 10.1 Å². The van der Waals surface area contributed by atoms with Crippen LogP contribution in [0, 0.1) is 6.92 Å². The molecule has 0 aliphatic rings. The summed E-state index contributed by atoms with van der Waals surface area (Å²) in [5.41, 5.74) is 3.68. The molecular weight excluding hydrogens is 376 g/mol. The van der Waals surface area contributed by atoms with Crippen molar-refractivity contribution in [2.75, 3.05) is 11.9 Å². The maximum Gasteiger partial charge on any atom is 0.262 e. The molecule has 0 radical (unpaired) electrons. The Morgan fingerprint density at radius 3 is 2.75 bits per heavy atom. The number of nitrogens with one attached hydrogen (secondary N) is 1. The number of hydrogen-bond donors (Lipinski definition) is 1. The molecule has 0 saturated heterocycles. The van der Waals surface area contributed by atoms with Crippen LogP contribution in [0.25, 0.3) is 22.6 Å². The molecule has 0 atom stereocenters. The molecule has 0 saturated carbocycles. The van der Waals surface area contributed by atoms with Gasteiger partial charge in [0.15, 0.2) is 12.2 Å². The number of hydrogen-bond acceptors (Lipinski definition) is 4. The van der Waals surface area contributed by atoms with Crippen molar-refractivity contribution < 1.29 is 13.9 Å². The second-order valence-electron chi connectivity index (χ2n) is 6.26. The second-order valence-corrected chi connectivity index (χ2v) is 6.70. The lowest BCUT2D eigenvalue weighted by Gasteiger charge is -2.11. The van der Waals surface area contributed by atoms with Crippen LogP contribution in [0.4, 0.5) is 5.69 Å². The van der Waals surface area contributed by atoms with Gasteiger partial charge in [-0.3, -0.25) is 4.79 Å². The Labute approximate surface area is 166 Å². The van der Waals surface area contributed by atoms with Crippen LogP contribution in [0.1, 0.15) is 5.56 Å². The molecule has 1 aromatic heterocycles. The predicted molar refractivity (Wildman–Crippen MR) is 110 cm³/mol. The van der Waals surface area contributed by atoms with E-state index in [9.17, 15) is 4.79 Å². The van der Waals surface area contributed by atoms with Gasteiger partial charge >= 0.3 is 0 Å². The minimum absolute atomic E-state index is 0.0743. The van der Waals surface area contributed by atoms with E-state index in [1.54, 1.807) is 30.3 Å². The van der Waals surface area contributed by atoms with Gasteiger partial charge in [-0.2, -0.15) is 0 Å². The molecule has 1 amide bonds. The first-order chi connectivity index (χ1) is 13.6. The van der Waals surface area contributed by atoms with E-state index in [-0.39, 0.29) is 12.5 Å². The largest absolute Gasteiger partial charge is 0.484 e. The van der Waals surface area contributed by atoms with Crippen LogP contribution in [0.3, 0.4) is 0 Å². The van der Waals surface area contributed by atoms with Crippen LogP contribution in [0.2, 0.25) is 5.02 Å². The second kappa shape index (κ2) is 7.74. The zero-order valence-corrected chi connectivity index (χ0v) is 15.9. The Balaban J connectivity index is 1.53. The van der Waals surface area contributed by atoms with Gasteiger partial charge in [-0.15, -0.1) is 0 Å². The summed E-state index contributed by atoms with van der Waals surface area (Å²) in [6.07, 6.45) is 0. The van der Waals surface area contributed by atoms with E-state index < -0.39 is 0 Å². The van der Waals surface area contributed by atoms with Crippen molar-refractivity contribution in [3.63, 3.8) is 0 Å². The highest BCUT2D eigenvalue weighted by Crippen LogP contribution is 2.31. The lowest BCUT2D eigenvalue weighted by Crippen LogP contribution is -2.20. The van der Waals surface area contributed by atoms with E-state index in [0.717, 1.165) is 11.1 Å². The first kappa shape index (κ1) is 18.1. The molecule has 4 rings (SSSR count). The number of carbonyl (C=O) groups is 1. The Bertz CT molecular complexity index is 1140. The van der Waals surface area contributed by atoms with Crippen molar-refractivity contribution in [1.82, 2.24) is 4.98 Å². The Morgan fingerprint density at radius 2 is 1.93 bits per heavy atom. The van der Waals surface area contributed by atoms with Crippen LogP contribution in [0.15, 0.2) is 71.1 Å². The van der Waals surface area contributed by atoms with Crippen LogP contribution >= 0.6 is 11.6 Å². The van der Waals surface area contributed by atoms with Crippen molar-refractivity contribution in [3.05, 3.63) is 77.3 Å². The fourth-order valence-corrected chi connectivity index (χ4v) is 3.04. The van der Waals surface area contributed by atoms with E-state index in [1.807, 2.05) is 43.3 Å². The van der Waals surface area contributed by atoms with E-state index in [1.165, 1.54) is 0 Å². The summed E-state index contributed by atoms with van der Waals surface area (Å²) < 4.78 is 11.3. The van der Waals surface area contributed by atoms with E-state index >= 15 is 0 Å². The smallest absolute Gasteiger partial charge is 0.262 e. The van der Waals surface area contributed by atoms with Crippen LogP contribution in [0.5, 0.6) is 5.75 Å². The lowest BCUT2D eigenvalue weighted by molar-refractivity contribution is -0.118. The first-order valence-corrected chi connectivity index (χ1v) is 9.12. The van der Waals surface area contributed by atoms with E-state index in [2.05, 4.69) is 10.3 Å². The van der Waals surface area contributed by atoms with Gasteiger partial charge in [0.2, 0.25) is 5.89 Å². The minimum atomic E-state index is -0.242. The number of anilines is 1. The molecule has 0 spiro atoms.